The van der Waals surface area contributed by atoms with Gasteiger partial charge in [-0.3, -0.25) is 0 Å². The Morgan fingerprint density at radius 3 is 2.33 bits per heavy atom. The fourth-order valence-corrected chi connectivity index (χ4v) is 2.72. The van der Waals surface area contributed by atoms with Crippen LogP contribution in [-0.4, -0.2) is 17.9 Å². The fraction of sp³-hybridized carbons (Fsp3) is 0.667. The van der Waals surface area contributed by atoms with E-state index in [9.17, 15) is 23.8 Å². The van der Waals surface area contributed by atoms with E-state index in [1.807, 2.05) is 0 Å². The van der Waals surface area contributed by atoms with Gasteiger partial charge >= 0.3 is 0 Å². The number of phosphoric acid groups is 1. The molecule has 0 aliphatic rings. The van der Waals surface area contributed by atoms with Crippen LogP contribution in [0.1, 0.15) is 13.3 Å². The molecule has 90 valence electrons. The molecule has 0 rings (SSSR count). The Balaban J connectivity index is 4.18. The maximum atomic E-state index is 10.9. The third kappa shape index (κ3) is 8.96. The lowest BCUT2D eigenvalue weighted by Crippen LogP contribution is -2.19. The highest BCUT2D eigenvalue weighted by atomic mass is 31.3. The lowest BCUT2D eigenvalue weighted by Gasteiger charge is -2.35. The van der Waals surface area contributed by atoms with Gasteiger partial charge in [-0.2, -0.15) is 0 Å². The molecule has 0 saturated carbocycles. The third-order valence-electron chi connectivity index (χ3n) is 1.37. The van der Waals surface area contributed by atoms with Gasteiger partial charge in [0.15, 0.2) is 0 Å². The van der Waals surface area contributed by atoms with Gasteiger partial charge in [0.05, 0.1) is 14.4 Å². The van der Waals surface area contributed by atoms with Crippen molar-refractivity contribution in [1.29, 1.82) is 0 Å². The van der Waals surface area contributed by atoms with Gasteiger partial charge in [0.2, 0.25) is 0 Å². The van der Waals surface area contributed by atoms with Crippen molar-refractivity contribution >= 4 is 15.4 Å². The van der Waals surface area contributed by atoms with Crippen LogP contribution >= 0.6 is 15.4 Å². The first kappa shape index (κ1) is 15.0. The van der Waals surface area contributed by atoms with Gasteiger partial charge in [0.25, 0.3) is 0 Å². The van der Waals surface area contributed by atoms with Crippen molar-refractivity contribution in [2.24, 2.45) is 0 Å². The lowest BCUT2D eigenvalue weighted by molar-refractivity contribution is -0.337. The average Bonchev–Trinajstić information content (AvgIpc) is 1.98. The van der Waals surface area contributed by atoms with E-state index in [1.54, 1.807) is 6.92 Å². The second kappa shape index (κ2) is 5.92. The summed E-state index contributed by atoms with van der Waals surface area (Å²) in [5, 5.41) is 8.56. The number of hydrogen-bond acceptors (Lipinski definition) is 7. The Hall–Kier alpha value is -0.0000000000000000694. The SMILES string of the molecule is CC(=CCCP(=O)([O-])OP(=O)([O-])[O-])CO. The summed E-state index contributed by atoms with van der Waals surface area (Å²) in [5.74, 6) is 0. The predicted octanol–water partition coefficient (Wildman–Crippen LogP) is -1.29. The minimum atomic E-state index is -5.50. The van der Waals surface area contributed by atoms with Crippen molar-refractivity contribution in [1.82, 2.24) is 0 Å². The summed E-state index contributed by atoms with van der Waals surface area (Å²) >= 11 is 0. The van der Waals surface area contributed by atoms with Crippen LogP contribution in [0.2, 0.25) is 0 Å². The molecule has 0 fully saturated rings. The van der Waals surface area contributed by atoms with Gasteiger partial charge in [-0.1, -0.05) is 11.6 Å². The highest BCUT2D eigenvalue weighted by Gasteiger charge is 2.09. The molecule has 0 bridgehead atoms. The molecule has 0 aromatic rings. The Labute approximate surface area is 87.2 Å². The van der Waals surface area contributed by atoms with Crippen LogP contribution in [0.25, 0.3) is 0 Å². The Morgan fingerprint density at radius 1 is 1.40 bits per heavy atom. The van der Waals surface area contributed by atoms with Crippen LogP contribution in [0.3, 0.4) is 0 Å². The van der Waals surface area contributed by atoms with E-state index >= 15 is 0 Å². The summed E-state index contributed by atoms with van der Waals surface area (Å²) in [7, 11) is -10.1. The maximum Gasteiger partial charge on any atom is 0.140 e. The van der Waals surface area contributed by atoms with Gasteiger partial charge in [-0.05, 0) is 13.3 Å². The minimum absolute atomic E-state index is 0.0207. The van der Waals surface area contributed by atoms with Crippen LogP contribution in [0.4, 0.5) is 0 Å². The van der Waals surface area contributed by atoms with Gasteiger partial charge in [-0.15, -0.1) is 0 Å². The molecule has 0 aliphatic carbocycles. The molecule has 1 N–H and O–H groups in total. The molecular weight excluding hydrogens is 246 g/mol. The first-order valence-electron chi connectivity index (χ1n) is 3.96. The highest BCUT2D eigenvalue weighted by Crippen LogP contribution is 2.49. The van der Waals surface area contributed by atoms with Gasteiger partial charge in [0.1, 0.15) is 7.60 Å². The zero-order valence-corrected chi connectivity index (χ0v) is 9.78. The van der Waals surface area contributed by atoms with Crippen molar-refractivity contribution in [3.05, 3.63) is 11.6 Å². The van der Waals surface area contributed by atoms with Crippen LogP contribution in [0.5, 0.6) is 0 Å². The number of allylic oxidation sites excluding steroid dienone is 1. The number of aliphatic hydroxyl groups is 1. The number of hydrogen-bond donors (Lipinski definition) is 1. The normalized spacial score (nSPS) is 17.5. The van der Waals surface area contributed by atoms with Crippen LogP contribution in [-0.2, 0) is 13.4 Å². The van der Waals surface area contributed by atoms with Crippen molar-refractivity contribution in [2.75, 3.05) is 12.8 Å². The van der Waals surface area contributed by atoms with Crippen LogP contribution in [0.15, 0.2) is 11.6 Å². The summed E-state index contributed by atoms with van der Waals surface area (Å²) in [5.41, 5.74) is 0.544. The van der Waals surface area contributed by atoms with Crippen molar-refractivity contribution in [3.63, 3.8) is 0 Å². The average molecular weight is 257 g/mol. The van der Waals surface area contributed by atoms with E-state index in [0.29, 0.717) is 5.57 Å². The van der Waals surface area contributed by atoms with E-state index in [1.165, 1.54) is 6.08 Å². The van der Waals surface area contributed by atoms with E-state index in [2.05, 4.69) is 4.31 Å². The Kier molecular flexibility index (Phi) is 5.92. The first-order valence-corrected chi connectivity index (χ1v) is 7.15. The molecular formula is C6H11O7P2-3. The molecule has 1 unspecified atom stereocenters. The molecule has 15 heavy (non-hydrogen) atoms. The van der Waals surface area contributed by atoms with Crippen LogP contribution < -0.4 is 14.7 Å². The zero-order valence-electron chi connectivity index (χ0n) is 7.99. The van der Waals surface area contributed by atoms with E-state index in [-0.39, 0.29) is 13.0 Å². The molecule has 0 aromatic carbocycles. The van der Waals surface area contributed by atoms with Crippen LogP contribution in [0, 0.1) is 0 Å². The summed E-state index contributed by atoms with van der Waals surface area (Å²) < 4.78 is 24.3. The Bertz CT molecular complexity index is 317. The topological polar surface area (TPSA) is 133 Å². The van der Waals surface area contributed by atoms with E-state index < -0.39 is 21.6 Å². The molecule has 0 aliphatic heterocycles. The van der Waals surface area contributed by atoms with Gasteiger partial charge < -0.3 is 33.2 Å². The number of rotatable bonds is 6. The van der Waals surface area contributed by atoms with Gasteiger partial charge in [-0.25, -0.2) is 0 Å². The largest absolute Gasteiger partial charge is 0.790 e. The predicted molar refractivity (Wildman–Crippen MR) is 46.6 cm³/mol. The highest BCUT2D eigenvalue weighted by molar-refractivity contribution is 7.61. The summed E-state index contributed by atoms with van der Waals surface area (Å²) in [6.45, 7) is 1.36. The molecule has 1 atom stereocenters. The maximum absolute atomic E-state index is 10.9. The summed E-state index contributed by atoms with van der Waals surface area (Å²) in [4.78, 5) is 30.9. The van der Waals surface area contributed by atoms with Gasteiger partial charge in [0, 0.05) is 6.16 Å². The Morgan fingerprint density at radius 2 is 1.93 bits per heavy atom. The quantitative estimate of drug-likeness (QED) is 0.462. The van der Waals surface area contributed by atoms with E-state index in [0.717, 1.165) is 0 Å². The van der Waals surface area contributed by atoms with E-state index in [4.69, 9.17) is 5.11 Å². The molecule has 0 spiro atoms. The molecule has 9 heteroatoms. The molecule has 0 heterocycles. The molecule has 0 amide bonds. The van der Waals surface area contributed by atoms with Crippen molar-refractivity contribution in [2.45, 2.75) is 13.3 Å². The second-order valence-electron chi connectivity index (χ2n) is 2.86. The van der Waals surface area contributed by atoms with Crippen molar-refractivity contribution < 1.29 is 33.2 Å². The third-order valence-corrected chi connectivity index (χ3v) is 3.97. The number of aliphatic hydroxyl groups excluding tert-OH is 1. The smallest absolute Gasteiger partial charge is 0.140 e. The fourth-order valence-electron chi connectivity index (χ4n) is 0.727. The second-order valence-corrected chi connectivity index (χ2v) is 6.08. The summed E-state index contributed by atoms with van der Waals surface area (Å²) in [6.07, 6.45) is 0.792. The zero-order chi connectivity index (χ0) is 12.1. The summed E-state index contributed by atoms with van der Waals surface area (Å²) in [6, 6.07) is 0. The molecule has 7 nitrogen and oxygen atoms in total. The standard InChI is InChI=1S/C6H14O7P2/c1-6(5-7)3-2-4-14(8,9)13-15(10,11)12/h3,7H,2,4-5H2,1H3,(H,8,9)(H2,10,11,12)/p-3. The lowest BCUT2D eigenvalue weighted by atomic mass is 10.3. The molecule has 0 saturated heterocycles. The first-order chi connectivity index (χ1) is 6.66. The monoisotopic (exact) mass is 257 g/mol. The van der Waals surface area contributed by atoms with Crippen molar-refractivity contribution in [3.8, 4) is 0 Å². The molecule has 0 aromatic heterocycles. The minimum Gasteiger partial charge on any atom is -0.790 e. The molecule has 0 radical (unpaired) electrons.